The highest BCUT2D eigenvalue weighted by atomic mass is 79.9. The summed E-state index contributed by atoms with van der Waals surface area (Å²) in [6, 6.07) is 6.27. The molecule has 0 spiro atoms. The molecule has 1 atom stereocenters. The molecule has 0 aliphatic carbocycles. The molecule has 1 N–H and O–H groups in total. The van der Waals surface area contributed by atoms with Crippen LogP contribution in [0.1, 0.15) is 39.2 Å². The molecule has 0 aliphatic rings. The Bertz CT molecular complexity index is 393. The van der Waals surface area contributed by atoms with E-state index in [1.165, 1.54) is 18.4 Å². The predicted octanol–water partition coefficient (Wildman–Crippen LogP) is 4.66. The number of methoxy groups -OCH3 is 1. The van der Waals surface area contributed by atoms with E-state index in [1.54, 1.807) is 7.11 Å². The highest BCUT2D eigenvalue weighted by Gasteiger charge is 2.14. The summed E-state index contributed by atoms with van der Waals surface area (Å²) in [5.41, 5.74) is 1.30. The molecule has 1 aromatic carbocycles. The first-order valence-electron chi connectivity index (χ1n) is 7.59. The Balaban J connectivity index is 2.74. The summed E-state index contributed by atoms with van der Waals surface area (Å²) in [7, 11) is 1.75. The van der Waals surface area contributed by atoms with Gasteiger partial charge in [-0.15, -0.1) is 0 Å². The summed E-state index contributed by atoms with van der Waals surface area (Å²) in [6.07, 6.45) is 3.50. The molecule has 1 unspecified atom stereocenters. The summed E-state index contributed by atoms with van der Waals surface area (Å²) in [5.74, 6) is 2.38. The van der Waals surface area contributed by atoms with E-state index >= 15 is 0 Å². The molecule has 1 aromatic rings. The van der Waals surface area contributed by atoms with Gasteiger partial charge in [-0.1, -0.05) is 36.7 Å². The van der Waals surface area contributed by atoms with Crippen molar-refractivity contribution in [1.29, 1.82) is 0 Å². The minimum absolute atomic E-state index is 0.657. The fourth-order valence-electron chi connectivity index (χ4n) is 2.61. The van der Waals surface area contributed by atoms with Gasteiger partial charge in [0.2, 0.25) is 0 Å². The van der Waals surface area contributed by atoms with Crippen molar-refractivity contribution in [2.75, 3.05) is 20.2 Å². The fourth-order valence-corrected chi connectivity index (χ4v) is 3.01. The molecule has 2 nitrogen and oxygen atoms in total. The highest BCUT2D eigenvalue weighted by Crippen LogP contribution is 2.27. The summed E-state index contributed by atoms with van der Waals surface area (Å²) < 4.78 is 6.61. The maximum atomic E-state index is 5.49. The standard InChI is InChI=1S/C17H28BrNO/c1-5-8-19-12-14(9-13(2)3)10-15-11-16(18)6-7-17(15)20-4/h6-7,11,13-14,19H,5,8-10,12H2,1-4H3. The zero-order valence-corrected chi connectivity index (χ0v) is 14.8. The van der Waals surface area contributed by atoms with E-state index in [9.17, 15) is 0 Å². The van der Waals surface area contributed by atoms with E-state index in [0.29, 0.717) is 5.92 Å². The Hall–Kier alpha value is -0.540. The third kappa shape index (κ3) is 6.27. The van der Waals surface area contributed by atoms with Crippen molar-refractivity contribution >= 4 is 15.9 Å². The van der Waals surface area contributed by atoms with Gasteiger partial charge in [-0.25, -0.2) is 0 Å². The smallest absolute Gasteiger partial charge is 0.122 e. The Kier molecular flexibility index (Phi) is 8.24. The van der Waals surface area contributed by atoms with Crippen molar-refractivity contribution in [3.05, 3.63) is 28.2 Å². The minimum Gasteiger partial charge on any atom is -0.496 e. The molecular formula is C17H28BrNO. The largest absolute Gasteiger partial charge is 0.496 e. The molecule has 3 heteroatoms. The van der Waals surface area contributed by atoms with Crippen LogP contribution in [-0.4, -0.2) is 20.2 Å². The quantitative estimate of drug-likeness (QED) is 0.659. The Labute approximate surface area is 132 Å². The molecule has 0 radical (unpaired) electrons. The number of rotatable bonds is 9. The van der Waals surface area contributed by atoms with Gasteiger partial charge < -0.3 is 10.1 Å². The van der Waals surface area contributed by atoms with Gasteiger partial charge in [-0.3, -0.25) is 0 Å². The molecule has 1 rings (SSSR count). The van der Waals surface area contributed by atoms with Crippen LogP contribution in [-0.2, 0) is 6.42 Å². The second kappa shape index (κ2) is 9.41. The van der Waals surface area contributed by atoms with Crippen molar-refractivity contribution in [3.63, 3.8) is 0 Å². The van der Waals surface area contributed by atoms with Crippen LogP contribution >= 0.6 is 15.9 Å². The van der Waals surface area contributed by atoms with Crippen LogP contribution in [0.2, 0.25) is 0 Å². The zero-order chi connectivity index (χ0) is 15.0. The average molecular weight is 342 g/mol. The molecule has 0 aliphatic heterocycles. The molecule has 0 heterocycles. The van der Waals surface area contributed by atoms with Crippen LogP contribution < -0.4 is 10.1 Å². The zero-order valence-electron chi connectivity index (χ0n) is 13.2. The number of halogens is 1. The number of nitrogens with one attached hydrogen (secondary N) is 1. The second-order valence-corrected chi connectivity index (χ2v) is 6.78. The third-order valence-corrected chi connectivity index (χ3v) is 3.91. The van der Waals surface area contributed by atoms with Gasteiger partial charge >= 0.3 is 0 Å². The third-order valence-electron chi connectivity index (χ3n) is 3.42. The molecule has 20 heavy (non-hydrogen) atoms. The molecule has 0 fully saturated rings. The topological polar surface area (TPSA) is 21.3 Å². The van der Waals surface area contributed by atoms with Crippen LogP contribution in [0.15, 0.2) is 22.7 Å². The van der Waals surface area contributed by atoms with Gasteiger partial charge in [0.1, 0.15) is 5.75 Å². The van der Waals surface area contributed by atoms with Gasteiger partial charge in [-0.2, -0.15) is 0 Å². The van der Waals surface area contributed by atoms with Crippen molar-refractivity contribution < 1.29 is 4.74 Å². The van der Waals surface area contributed by atoms with Gasteiger partial charge in [0, 0.05) is 4.47 Å². The average Bonchev–Trinajstić information content (AvgIpc) is 2.38. The van der Waals surface area contributed by atoms with E-state index in [1.807, 2.05) is 12.1 Å². The normalized spacial score (nSPS) is 12.7. The van der Waals surface area contributed by atoms with E-state index in [4.69, 9.17) is 4.74 Å². The molecule has 0 saturated heterocycles. The molecule has 0 amide bonds. The Morgan fingerprint density at radius 2 is 2.05 bits per heavy atom. The SMILES string of the molecule is CCCNCC(Cc1cc(Br)ccc1OC)CC(C)C. The number of hydrogen-bond donors (Lipinski definition) is 1. The van der Waals surface area contributed by atoms with Gasteiger partial charge in [0.15, 0.2) is 0 Å². The maximum absolute atomic E-state index is 5.49. The van der Waals surface area contributed by atoms with E-state index in [-0.39, 0.29) is 0 Å². The summed E-state index contributed by atoms with van der Waals surface area (Å²) >= 11 is 3.56. The summed E-state index contributed by atoms with van der Waals surface area (Å²) in [4.78, 5) is 0. The Morgan fingerprint density at radius 1 is 1.30 bits per heavy atom. The lowest BCUT2D eigenvalue weighted by atomic mass is 9.90. The minimum atomic E-state index is 0.657. The second-order valence-electron chi connectivity index (χ2n) is 5.86. The summed E-state index contributed by atoms with van der Waals surface area (Å²) in [6.45, 7) is 8.99. The van der Waals surface area contributed by atoms with E-state index in [2.05, 4.69) is 48.1 Å². The molecule has 114 valence electrons. The van der Waals surface area contributed by atoms with Gasteiger partial charge in [-0.05, 0) is 68.0 Å². The maximum Gasteiger partial charge on any atom is 0.122 e. The predicted molar refractivity (Wildman–Crippen MR) is 90.5 cm³/mol. The number of ether oxygens (including phenoxy) is 1. The summed E-state index contributed by atoms with van der Waals surface area (Å²) in [5, 5.41) is 3.56. The van der Waals surface area contributed by atoms with Crippen molar-refractivity contribution in [2.24, 2.45) is 11.8 Å². The van der Waals surface area contributed by atoms with Crippen LogP contribution in [0.5, 0.6) is 5.75 Å². The molecular weight excluding hydrogens is 314 g/mol. The molecule has 0 bridgehead atoms. The van der Waals surface area contributed by atoms with Crippen LogP contribution in [0.4, 0.5) is 0 Å². The van der Waals surface area contributed by atoms with Crippen molar-refractivity contribution in [1.82, 2.24) is 5.32 Å². The lowest BCUT2D eigenvalue weighted by molar-refractivity contribution is 0.371. The first-order chi connectivity index (χ1) is 9.56. The number of benzene rings is 1. The van der Waals surface area contributed by atoms with E-state index in [0.717, 1.165) is 35.7 Å². The Morgan fingerprint density at radius 3 is 2.65 bits per heavy atom. The van der Waals surface area contributed by atoms with Crippen LogP contribution in [0.3, 0.4) is 0 Å². The lowest BCUT2D eigenvalue weighted by Crippen LogP contribution is -2.26. The van der Waals surface area contributed by atoms with Crippen LogP contribution in [0, 0.1) is 11.8 Å². The number of hydrogen-bond acceptors (Lipinski definition) is 2. The first kappa shape index (κ1) is 17.5. The van der Waals surface area contributed by atoms with E-state index < -0.39 is 0 Å². The fraction of sp³-hybridized carbons (Fsp3) is 0.647. The van der Waals surface area contributed by atoms with Crippen LogP contribution in [0.25, 0.3) is 0 Å². The monoisotopic (exact) mass is 341 g/mol. The van der Waals surface area contributed by atoms with Gasteiger partial charge in [0.05, 0.1) is 7.11 Å². The lowest BCUT2D eigenvalue weighted by Gasteiger charge is -2.21. The van der Waals surface area contributed by atoms with Gasteiger partial charge in [0.25, 0.3) is 0 Å². The van der Waals surface area contributed by atoms with Crippen molar-refractivity contribution in [3.8, 4) is 5.75 Å². The first-order valence-corrected chi connectivity index (χ1v) is 8.39. The molecule has 0 aromatic heterocycles. The molecule has 0 saturated carbocycles. The van der Waals surface area contributed by atoms with Crippen molar-refractivity contribution in [2.45, 2.75) is 40.0 Å². The highest BCUT2D eigenvalue weighted by molar-refractivity contribution is 9.10.